The molecule has 1 N–H and O–H groups in total. The van der Waals surface area contributed by atoms with E-state index in [4.69, 9.17) is 4.74 Å². The number of aryl methyl sites for hydroxylation is 1. The Labute approximate surface area is 155 Å². The molecule has 142 valence electrons. The van der Waals surface area contributed by atoms with Gasteiger partial charge in [-0.05, 0) is 30.7 Å². The van der Waals surface area contributed by atoms with Crippen LogP contribution in [-0.4, -0.2) is 39.7 Å². The number of carbonyl (C=O) groups is 2. The molecule has 2 aliphatic rings. The van der Waals surface area contributed by atoms with E-state index in [0.29, 0.717) is 36.8 Å². The second-order valence-electron chi connectivity index (χ2n) is 6.79. The molecular weight excluding hydrogens is 353 g/mol. The molecule has 1 aromatic carbocycles. The highest BCUT2D eigenvalue weighted by molar-refractivity contribution is 6.00. The van der Waals surface area contributed by atoms with Crippen molar-refractivity contribution in [3.05, 3.63) is 41.2 Å². The van der Waals surface area contributed by atoms with E-state index in [-0.39, 0.29) is 37.1 Å². The summed E-state index contributed by atoms with van der Waals surface area (Å²) in [6.07, 6.45) is 0.133. The summed E-state index contributed by atoms with van der Waals surface area (Å²) >= 11 is 0. The Balaban J connectivity index is 1.39. The first-order valence-electron chi connectivity index (χ1n) is 8.86. The maximum Gasteiger partial charge on any atom is 0.227 e. The summed E-state index contributed by atoms with van der Waals surface area (Å²) in [7, 11) is 0. The van der Waals surface area contributed by atoms with Crippen LogP contribution in [0.15, 0.2) is 18.2 Å². The van der Waals surface area contributed by atoms with E-state index < -0.39 is 5.92 Å². The van der Waals surface area contributed by atoms with E-state index in [1.54, 1.807) is 19.1 Å². The molecule has 0 aliphatic carbocycles. The zero-order valence-corrected chi connectivity index (χ0v) is 14.9. The molecule has 8 nitrogen and oxygen atoms in total. The smallest absolute Gasteiger partial charge is 0.227 e. The molecule has 9 heteroatoms. The van der Waals surface area contributed by atoms with Gasteiger partial charge < -0.3 is 19.5 Å². The minimum absolute atomic E-state index is 0.133. The zero-order valence-electron chi connectivity index (χ0n) is 14.9. The number of carbonyl (C=O) groups excluding carboxylic acids is 2. The Morgan fingerprint density at radius 1 is 1.41 bits per heavy atom. The van der Waals surface area contributed by atoms with E-state index in [1.165, 1.54) is 11.0 Å². The second-order valence-corrected chi connectivity index (χ2v) is 6.79. The Morgan fingerprint density at radius 2 is 2.26 bits per heavy atom. The van der Waals surface area contributed by atoms with Crippen LogP contribution >= 0.6 is 0 Å². The van der Waals surface area contributed by atoms with Gasteiger partial charge in [-0.3, -0.25) is 9.59 Å². The normalized spacial score (nSPS) is 19.3. The fourth-order valence-electron chi connectivity index (χ4n) is 3.43. The maximum absolute atomic E-state index is 13.5. The monoisotopic (exact) mass is 373 g/mol. The number of benzene rings is 1. The predicted molar refractivity (Wildman–Crippen MR) is 93.1 cm³/mol. The van der Waals surface area contributed by atoms with E-state index in [2.05, 4.69) is 15.5 Å². The summed E-state index contributed by atoms with van der Waals surface area (Å²) in [5.41, 5.74) is 1.08. The quantitative estimate of drug-likeness (QED) is 0.861. The van der Waals surface area contributed by atoms with Crippen LogP contribution in [0.4, 0.5) is 10.1 Å². The number of fused-ring (bicyclic) bond motifs is 1. The van der Waals surface area contributed by atoms with Gasteiger partial charge >= 0.3 is 0 Å². The summed E-state index contributed by atoms with van der Waals surface area (Å²) in [5.74, 6) is 0.320. The first kappa shape index (κ1) is 17.6. The largest absolute Gasteiger partial charge is 0.372 e. The number of hydrogen-bond donors (Lipinski definition) is 1. The van der Waals surface area contributed by atoms with Crippen molar-refractivity contribution in [3.8, 4) is 0 Å². The zero-order chi connectivity index (χ0) is 19.0. The van der Waals surface area contributed by atoms with Gasteiger partial charge in [0, 0.05) is 25.2 Å². The lowest BCUT2D eigenvalue weighted by Gasteiger charge is -2.18. The van der Waals surface area contributed by atoms with Gasteiger partial charge in [-0.1, -0.05) is 0 Å². The van der Waals surface area contributed by atoms with Crippen LogP contribution in [0.5, 0.6) is 0 Å². The van der Waals surface area contributed by atoms with Gasteiger partial charge in [-0.15, -0.1) is 10.2 Å². The number of halogens is 1. The molecule has 0 saturated carbocycles. The molecule has 2 aromatic rings. The molecule has 2 amide bonds. The third kappa shape index (κ3) is 3.42. The average Bonchev–Trinajstić information content (AvgIpc) is 3.26. The third-order valence-electron chi connectivity index (χ3n) is 4.96. The topological polar surface area (TPSA) is 89.3 Å². The van der Waals surface area contributed by atoms with E-state index in [9.17, 15) is 14.0 Å². The van der Waals surface area contributed by atoms with Crippen molar-refractivity contribution in [2.45, 2.75) is 33.0 Å². The van der Waals surface area contributed by atoms with Crippen LogP contribution in [0, 0.1) is 18.7 Å². The molecule has 2 aliphatic heterocycles. The van der Waals surface area contributed by atoms with E-state index in [1.807, 2.05) is 4.57 Å². The second kappa shape index (κ2) is 7.07. The van der Waals surface area contributed by atoms with Gasteiger partial charge in [0.05, 0.1) is 19.1 Å². The Bertz CT molecular complexity index is 897. The van der Waals surface area contributed by atoms with Gasteiger partial charge in [0.1, 0.15) is 12.4 Å². The van der Waals surface area contributed by atoms with Crippen molar-refractivity contribution in [1.82, 2.24) is 20.1 Å². The predicted octanol–water partition coefficient (Wildman–Crippen LogP) is 0.925. The molecule has 27 heavy (non-hydrogen) atoms. The van der Waals surface area contributed by atoms with Crippen molar-refractivity contribution in [2.75, 3.05) is 18.1 Å². The fourth-order valence-corrected chi connectivity index (χ4v) is 3.43. The highest BCUT2D eigenvalue weighted by Crippen LogP contribution is 2.26. The highest BCUT2D eigenvalue weighted by Gasteiger charge is 2.35. The fraction of sp³-hybridized carbons (Fsp3) is 0.444. The number of hydrogen-bond acceptors (Lipinski definition) is 5. The summed E-state index contributed by atoms with van der Waals surface area (Å²) in [6, 6.07) is 4.52. The SMILES string of the molecule is Cc1cc(N2CC(C(=O)NCc3nnc4n3CCOC4)CC2=O)ccc1F. The van der Waals surface area contributed by atoms with Crippen molar-refractivity contribution in [3.63, 3.8) is 0 Å². The van der Waals surface area contributed by atoms with Gasteiger partial charge in [-0.25, -0.2) is 4.39 Å². The molecule has 4 rings (SSSR count). The number of anilines is 1. The minimum Gasteiger partial charge on any atom is -0.372 e. The Morgan fingerprint density at radius 3 is 3.07 bits per heavy atom. The molecule has 1 saturated heterocycles. The number of ether oxygens (including phenoxy) is 1. The lowest BCUT2D eigenvalue weighted by Crippen LogP contribution is -2.33. The molecule has 1 atom stereocenters. The van der Waals surface area contributed by atoms with Crippen molar-refractivity contribution >= 4 is 17.5 Å². The number of rotatable bonds is 4. The summed E-state index contributed by atoms with van der Waals surface area (Å²) in [4.78, 5) is 26.4. The summed E-state index contributed by atoms with van der Waals surface area (Å²) < 4.78 is 20.7. The number of nitrogens with one attached hydrogen (secondary N) is 1. The summed E-state index contributed by atoms with van der Waals surface area (Å²) in [5, 5.41) is 11.0. The minimum atomic E-state index is -0.449. The molecule has 0 bridgehead atoms. The Kier molecular flexibility index (Phi) is 4.61. The molecule has 3 heterocycles. The molecule has 0 spiro atoms. The number of amides is 2. The molecular formula is C18H20FN5O3. The Hall–Kier alpha value is -2.81. The van der Waals surface area contributed by atoms with E-state index in [0.717, 1.165) is 5.82 Å². The number of aromatic nitrogens is 3. The first-order valence-corrected chi connectivity index (χ1v) is 8.86. The lowest BCUT2D eigenvalue weighted by atomic mass is 10.1. The molecule has 1 unspecified atom stereocenters. The third-order valence-corrected chi connectivity index (χ3v) is 4.96. The van der Waals surface area contributed by atoms with Crippen LogP contribution in [0.25, 0.3) is 0 Å². The van der Waals surface area contributed by atoms with Crippen molar-refractivity contribution < 1.29 is 18.7 Å². The maximum atomic E-state index is 13.5. The van der Waals surface area contributed by atoms with Gasteiger partial charge in [0.15, 0.2) is 11.6 Å². The van der Waals surface area contributed by atoms with Crippen LogP contribution in [0.3, 0.4) is 0 Å². The van der Waals surface area contributed by atoms with Crippen LogP contribution in [0.2, 0.25) is 0 Å². The average molecular weight is 373 g/mol. The lowest BCUT2D eigenvalue weighted by molar-refractivity contribution is -0.126. The van der Waals surface area contributed by atoms with E-state index >= 15 is 0 Å². The van der Waals surface area contributed by atoms with Crippen LogP contribution < -0.4 is 10.2 Å². The molecule has 1 aromatic heterocycles. The molecule has 0 radical (unpaired) electrons. The highest BCUT2D eigenvalue weighted by atomic mass is 19.1. The first-order chi connectivity index (χ1) is 13.0. The van der Waals surface area contributed by atoms with Gasteiger partial charge in [-0.2, -0.15) is 0 Å². The standard InChI is InChI=1S/C18H20FN5O3/c1-11-6-13(2-3-14(11)19)24-9-12(7-17(24)25)18(26)20-8-15-21-22-16-10-27-5-4-23(15)16/h2-3,6,12H,4-5,7-10H2,1H3,(H,20,26). The summed E-state index contributed by atoms with van der Waals surface area (Å²) in [6.45, 7) is 3.86. The van der Waals surface area contributed by atoms with Crippen LogP contribution in [-0.2, 0) is 34.0 Å². The van der Waals surface area contributed by atoms with Crippen molar-refractivity contribution in [1.29, 1.82) is 0 Å². The number of nitrogens with zero attached hydrogens (tertiary/aromatic N) is 4. The van der Waals surface area contributed by atoms with Crippen LogP contribution in [0.1, 0.15) is 23.6 Å². The van der Waals surface area contributed by atoms with Gasteiger partial charge in [0.25, 0.3) is 0 Å². The van der Waals surface area contributed by atoms with Gasteiger partial charge in [0.2, 0.25) is 11.8 Å². The van der Waals surface area contributed by atoms with Crippen molar-refractivity contribution in [2.24, 2.45) is 5.92 Å². The molecule has 1 fully saturated rings.